The molecule has 13 heteroatoms. The van der Waals surface area contributed by atoms with Crippen LogP contribution in [0.25, 0.3) is 0 Å². The number of carboxylic acids is 2. The second-order valence-corrected chi connectivity index (χ2v) is 7.78. The van der Waals surface area contributed by atoms with Crippen LogP contribution in [0.5, 0.6) is 5.75 Å². The van der Waals surface area contributed by atoms with Gasteiger partial charge in [0.15, 0.2) is 5.82 Å². The maximum Gasteiger partial charge on any atom is 0.490 e. The van der Waals surface area contributed by atoms with E-state index >= 15 is 0 Å². The fraction of sp³-hybridized carbons (Fsp3) is 0.375. The highest BCUT2D eigenvalue weighted by Crippen LogP contribution is 2.26. The fourth-order valence-electron chi connectivity index (χ4n) is 3.17. The van der Waals surface area contributed by atoms with Gasteiger partial charge in [-0.1, -0.05) is 23.4 Å². The Bertz CT molecular complexity index is 1110. The van der Waals surface area contributed by atoms with E-state index in [1.807, 2.05) is 42.5 Å². The number of pyridine rings is 1. The molecule has 0 saturated heterocycles. The standard InChI is InChI=1S/C22H26N4O4.C2HF3O2/c1-29-18-10-8-16(9-11-18)17(15-22(27)28)14-21-25-20(26-30-21)7-3-5-13-24-19-6-2-4-12-23-19;3-2(4,5)1(6)7/h2,4,6,8-12,17H,3,5,7,13-15H2,1H3,(H,23,24)(H,27,28);(H,6,7). The van der Waals surface area contributed by atoms with Crippen LogP contribution in [-0.2, 0) is 22.4 Å². The van der Waals surface area contributed by atoms with Crippen LogP contribution in [0, 0.1) is 0 Å². The zero-order chi connectivity index (χ0) is 27.3. The van der Waals surface area contributed by atoms with Gasteiger partial charge < -0.3 is 24.8 Å². The number of rotatable bonds is 12. The zero-order valence-corrected chi connectivity index (χ0v) is 19.9. The Morgan fingerprint density at radius 3 is 2.38 bits per heavy atom. The molecule has 0 bridgehead atoms. The zero-order valence-electron chi connectivity index (χ0n) is 19.9. The average Bonchev–Trinajstić information content (AvgIpc) is 3.31. The third kappa shape index (κ3) is 11.0. The number of carbonyl (C=O) groups is 2. The number of hydrogen-bond donors (Lipinski definition) is 3. The smallest absolute Gasteiger partial charge is 0.490 e. The van der Waals surface area contributed by atoms with Crippen molar-refractivity contribution in [1.82, 2.24) is 15.1 Å². The van der Waals surface area contributed by atoms with Crippen molar-refractivity contribution in [3.8, 4) is 5.75 Å². The molecule has 0 radical (unpaired) electrons. The minimum absolute atomic E-state index is 0.0107. The normalized spacial score (nSPS) is 11.7. The second-order valence-electron chi connectivity index (χ2n) is 7.78. The number of unbranched alkanes of at least 4 members (excludes halogenated alkanes) is 1. The molecule has 3 N–H and O–H groups in total. The van der Waals surface area contributed by atoms with Crippen molar-refractivity contribution in [2.24, 2.45) is 0 Å². The summed E-state index contributed by atoms with van der Waals surface area (Å²) in [7, 11) is 1.60. The van der Waals surface area contributed by atoms with Gasteiger partial charge in [-0.2, -0.15) is 18.2 Å². The van der Waals surface area contributed by atoms with Gasteiger partial charge in [0.25, 0.3) is 0 Å². The summed E-state index contributed by atoms with van der Waals surface area (Å²) in [6, 6.07) is 13.2. The lowest BCUT2D eigenvalue weighted by atomic mass is 9.92. The van der Waals surface area contributed by atoms with Crippen LogP contribution in [0.3, 0.4) is 0 Å². The summed E-state index contributed by atoms with van der Waals surface area (Å²) in [5.74, 6) is -1.18. The molecule has 10 nitrogen and oxygen atoms in total. The number of nitrogens with zero attached hydrogens (tertiary/aromatic N) is 3. The van der Waals surface area contributed by atoms with Crippen LogP contribution in [0.2, 0.25) is 0 Å². The van der Waals surface area contributed by atoms with E-state index in [9.17, 15) is 23.1 Å². The number of benzene rings is 1. The van der Waals surface area contributed by atoms with Crippen molar-refractivity contribution in [2.45, 2.75) is 44.2 Å². The molecule has 0 saturated carbocycles. The summed E-state index contributed by atoms with van der Waals surface area (Å²) >= 11 is 0. The first-order valence-corrected chi connectivity index (χ1v) is 11.2. The van der Waals surface area contributed by atoms with Crippen molar-refractivity contribution in [2.75, 3.05) is 19.0 Å². The number of aryl methyl sites for hydroxylation is 1. The van der Waals surface area contributed by atoms with E-state index in [-0.39, 0.29) is 12.3 Å². The number of ether oxygens (including phenoxy) is 1. The van der Waals surface area contributed by atoms with Gasteiger partial charge in [-0.05, 0) is 42.7 Å². The number of aliphatic carboxylic acids is 2. The second kappa shape index (κ2) is 14.4. The first kappa shape index (κ1) is 29.1. The highest BCUT2D eigenvalue weighted by molar-refractivity contribution is 5.73. The highest BCUT2D eigenvalue weighted by atomic mass is 19.4. The first-order valence-electron chi connectivity index (χ1n) is 11.2. The maximum absolute atomic E-state index is 11.3. The number of methoxy groups -OCH3 is 1. The van der Waals surface area contributed by atoms with Crippen LogP contribution in [-0.4, -0.2) is 57.1 Å². The minimum atomic E-state index is -5.08. The van der Waals surface area contributed by atoms with Gasteiger partial charge in [0.1, 0.15) is 11.6 Å². The molecule has 0 aliphatic rings. The van der Waals surface area contributed by atoms with E-state index in [1.54, 1.807) is 13.3 Å². The van der Waals surface area contributed by atoms with Gasteiger partial charge in [-0.3, -0.25) is 4.79 Å². The third-order valence-corrected chi connectivity index (χ3v) is 4.98. The molecular formula is C24H27F3N4O6. The number of anilines is 1. The quantitative estimate of drug-likeness (QED) is 0.292. The molecule has 0 fully saturated rings. The Labute approximate surface area is 210 Å². The number of hydrogen-bond acceptors (Lipinski definition) is 8. The Morgan fingerprint density at radius 1 is 1.11 bits per heavy atom. The number of carboxylic acid groups (broad SMARTS) is 2. The molecule has 37 heavy (non-hydrogen) atoms. The molecule has 0 amide bonds. The molecule has 3 rings (SSSR count). The van der Waals surface area contributed by atoms with Crippen molar-refractivity contribution in [3.05, 3.63) is 65.9 Å². The summed E-state index contributed by atoms with van der Waals surface area (Å²) in [5.41, 5.74) is 0.901. The lowest BCUT2D eigenvalue weighted by Gasteiger charge is -2.13. The summed E-state index contributed by atoms with van der Waals surface area (Å²) in [6.07, 6.45) is -0.383. The molecule has 1 aromatic carbocycles. The molecular weight excluding hydrogens is 497 g/mol. The molecule has 0 spiro atoms. The Hall–Kier alpha value is -4.16. The van der Waals surface area contributed by atoms with Crippen molar-refractivity contribution >= 4 is 17.8 Å². The minimum Gasteiger partial charge on any atom is -0.497 e. The molecule has 0 aliphatic carbocycles. The number of alkyl halides is 3. The van der Waals surface area contributed by atoms with Crippen LogP contribution < -0.4 is 10.1 Å². The van der Waals surface area contributed by atoms with E-state index in [0.717, 1.165) is 36.5 Å². The van der Waals surface area contributed by atoms with Crippen molar-refractivity contribution < 1.29 is 42.2 Å². The van der Waals surface area contributed by atoms with Gasteiger partial charge in [0.05, 0.1) is 13.5 Å². The van der Waals surface area contributed by atoms with Crippen molar-refractivity contribution in [3.63, 3.8) is 0 Å². The van der Waals surface area contributed by atoms with Gasteiger partial charge in [-0.15, -0.1) is 0 Å². The lowest BCUT2D eigenvalue weighted by Crippen LogP contribution is -2.21. The Balaban J connectivity index is 0.000000604. The van der Waals surface area contributed by atoms with Gasteiger partial charge >= 0.3 is 18.1 Å². The van der Waals surface area contributed by atoms with Crippen molar-refractivity contribution in [1.29, 1.82) is 0 Å². The SMILES string of the molecule is COc1ccc(C(CC(=O)O)Cc2nc(CCCCNc3ccccn3)no2)cc1.O=C(O)C(F)(F)F. The first-order chi connectivity index (χ1) is 17.6. The van der Waals surface area contributed by atoms with Gasteiger partial charge in [0.2, 0.25) is 5.89 Å². The summed E-state index contributed by atoms with van der Waals surface area (Å²) in [6.45, 7) is 0.819. The Morgan fingerprint density at radius 2 is 1.81 bits per heavy atom. The molecule has 1 atom stereocenters. The number of nitrogens with one attached hydrogen (secondary N) is 1. The average molecular weight is 524 g/mol. The van der Waals surface area contributed by atoms with E-state index in [0.29, 0.717) is 24.6 Å². The van der Waals surface area contributed by atoms with E-state index in [2.05, 4.69) is 20.4 Å². The lowest BCUT2D eigenvalue weighted by molar-refractivity contribution is -0.192. The van der Waals surface area contributed by atoms with E-state index in [1.165, 1.54) is 0 Å². The number of aromatic nitrogens is 3. The van der Waals surface area contributed by atoms with Gasteiger partial charge in [-0.25, -0.2) is 9.78 Å². The van der Waals surface area contributed by atoms with Crippen LogP contribution in [0.1, 0.15) is 42.5 Å². The maximum atomic E-state index is 11.3. The molecule has 3 aromatic rings. The van der Waals surface area contributed by atoms with Gasteiger partial charge in [0, 0.05) is 31.5 Å². The summed E-state index contributed by atoms with van der Waals surface area (Å²) in [4.78, 5) is 28.9. The monoisotopic (exact) mass is 524 g/mol. The topological polar surface area (TPSA) is 148 Å². The summed E-state index contributed by atoms with van der Waals surface area (Å²) in [5, 5.41) is 23.7. The summed E-state index contributed by atoms with van der Waals surface area (Å²) < 4.78 is 42.3. The third-order valence-electron chi connectivity index (χ3n) is 4.98. The predicted octanol–water partition coefficient (Wildman–Crippen LogP) is 4.34. The molecule has 0 aliphatic heterocycles. The van der Waals surface area contributed by atoms with E-state index < -0.39 is 18.1 Å². The molecule has 1 unspecified atom stereocenters. The molecule has 2 aromatic heterocycles. The Kier molecular flexibility index (Phi) is 11.3. The largest absolute Gasteiger partial charge is 0.497 e. The predicted molar refractivity (Wildman–Crippen MR) is 125 cm³/mol. The van der Waals surface area contributed by atoms with E-state index in [4.69, 9.17) is 19.2 Å². The van der Waals surface area contributed by atoms with Crippen LogP contribution in [0.15, 0.2) is 53.2 Å². The van der Waals surface area contributed by atoms with Crippen LogP contribution in [0.4, 0.5) is 19.0 Å². The molecule has 200 valence electrons. The highest BCUT2D eigenvalue weighted by Gasteiger charge is 2.38. The van der Waals surface area contributed by atoms with Crippen LogP contribution >= 0.6 is 0 Å². The number of halogens is 3. The molecule has 2 heterocycles. The fourth-order valence-corrected chi connectivity index (χ4v) is 3.17.